The molecule has 4 rings (SSSR count). The van der Waals surface area contributed by atoms with E-state index >= 15 is 0 Å². The summed E-state index contributed by atoms with van der Waals surface area (Å²) in [6, 6.07) is 10.4. The number of fused-ring (bicyclic) bond motifs is 1. The highest BCUT2D eigenvalue weighted by Crippen LogP contribution is 2.43. The lowest BCUT2D eigenvalue weighted by Gasteiger charge is -2.27. The van der Waals surface area contributed by atoms with Crippen LogP contribution in [0.5, 0.6) is 0 Å². The summed E-state index contributed by atoms with van der Waals surface area (Å²) in [5, 5.41) is 12.0. The number of pyridine rings is 1. The van der Waals surface area contributed by atoms with Gasteiger partial charge in [-0.2, -0.15) is 0 Å². The van der Waals surface area contributed by atoms with Crippen LogP contribution >= 0.6 is 0 Å². The first-order valence-corrected chi connectivity index (χ1v) is 9.81. The van der Waals surface area contributed by atoms with Crippen molar-refractivity contribution in [3.63, 3.8) is 0 Å². The molecule has 0 bridgehead atoms. The van der Waals surface area contributed by atoms with Crippen molar-refractivity contribution in [3.8, 4) is 0 Å². The van der Waals surface area contributed by atoms with Gasteiger partial charge in [0, 0.05) is 53.2 Å². The zero-order valence-corrected chi connectivity index (χ0v) is 17.2. The molecule has 1 aliphatic heterocycles. The number of likely N-dealkylation sites (tertiary alicyclic amines) is 1. The smallest absolute Gasteiger partial charge is 0.295 e. The van der Waals surface area contributed by atoms with Gasteiger partial charge in [0.2, 0.25) is 0 Å². The van der Waals surface area contributed by atoms with Crippen molar-refractivity contribution < 1.29 is 14.7 Å². The summed E-state index contributed by atoms with van der Waals surface area (Å²) < 4.78 is 0. The molecule has 1 amide bonds. The summed E-state index contributed by atoms with van der Waals surface area (Å²) in [6.45, 7) is 2.89. The topological polar surface area (TPSA) is 89.5 Å². The highest BCUT2D eigenvalue weighted by molar-refractivity contribution is 6.46. The lowest BCUT2D eigenvalue weighted by Crippen LogP contribution is -2.35. The zero-order valence-electron chi connectivity index (χ0n) is 17.2. The van der Waals surface area contributed by atoms with E-state index < -0.39 is 17.7 Å². The number of aliphatic hydroxyl groups is 1. The van der Waals surface area contributed by atoms with Crippen LogP contribution in [0.15, 0.2) is 54.4 Å². The number of aliphatic hydroxyl groups excluding tert-OH is 1. The molecule has 3 aromatic rings. The van der Waals surface area contributed by atoms with Crippen LogP contribution in [0, 0.1) is 6.92 Å². The molecule has 1 aromatic carbocycles. The number of likely N-dealkylation sites (N-methyl/N-ethyl adjacent to an activating group) is 1. The predicted octanol–water partition coefficient (Wildman–Crippen LogP) is 2.85. The zero-order chi connectivity index (χ0) is 21.4. The van der Waals surface area contributed by atoms with E-state index in [1.807, 2.05) is 50.2 Å². The van der Waals surface area contributed by atoms with Gasteiger partial charge in [0.25, 0.3) is 11.7 Å². The summed E-state index contributed by atoms with van der Waals surface area (Å²) in [5.74, 6) is -1.45. The van der Waals surface area contributed by atoms with E-state index in [1.165, 1.54) is 0 Å². The fourth-order valence-corrected chi connectivity index (χ4v) is 4.03. The molecular weight excluding hydrogens is 380 g/mol. The minimum atomic E-state index is -0.672. The number of rotatable bonds is 5. The van der Waals surface area contributed by atoms with Crippen molar-refractivity contribution in [1.82, 2.24) is 19.8 Å². The number of hydrogen-bond acceptors (Lipinski definition) is 5. The van der Waals surface area contributed by atoms with Crippen LogP contribution in [0.3, 0.4) is 0 Å². The first-order chi connectivity index (χ1) is 14.4. The van der Waals surface area contributed by atoms with Crippen LogP contribution in [0.25, 0.3) is 16.7 Å². The maximum Gasteiger partial charge on any atom is 0.295 e. The van der Waals surface area contributed by atoms with Crippen LogP contribution in [0.4, 0.5) is 0 Å². The number of hydrogen-bond donors (Lipinski definition) is 2. The fraction of sp³-hybridized carbons (Fsp3) is 0.261. The predicted molar refractivity (Wildman–Crippen MR) is 115 cm³/mol. The molecule has 2 N–H and O–H groups in total. The Morgan fingerprint density at radius 3 is 2.57 bits per heavy atom. The second-order valence-corrected chi connectivity index (χ2v) is 7.74. The highest BCUT2D eigenvalue weighted by atomic mass is 16.3. The van der Waals surface area contributed by atoms with Gasteiger partial charge in [-0.3, -0.25) is 14.6 Å². The van der Waals surface area contributed by atoms with Crippen LogP contribution in [-0.2, 0) is 9.59 Å². The Morgan fingerprint density at radius 1 is 1.17 bits per heavy atom. The number of para-hydroxylation sites is 1. The van der Waals surface area contributed by atoms with E-state index in [0.717, 1.165) is 22.2 Å². The monoisotopic (exact) mass is 404 g/mol. The summed E-state index contributed by atoms with van der Waals surface area (Å²) in [4.78, 5) is 36.9. The molecule has 7 heteroatoms. The van der Waals surface area contributed by atoms with E-state index in [0.29, 0.717) is 18.7 Å². The Labute approximate surface area is 174 Å². The van der Waals surface area contributed by atoms with Crippen molar-refractivity contribution in [2.24, 2.45) is 0 Å². The van der Waals surface area contributed by atoms with Gasteiger partial charge in [0.15, 0.2) is 0 Å². The van der Waals surface area contributed by atoms with Gasteiger partial charge in [-0.05, 0) is 39.2 Å². The van der Waals surface area contributed by atoms with Crippen LogP contribution < -0.4 is 0 Å². The third-order valence-corrected chi connectivity index (χ3v) is 5.50. The Hall–Kier alpha value is -3.45. The van der Waals surface area contributed by atoms with Gasteiger partial charge in [0.1, 0.15) is 5.76 Å². The standard InChI is InChI=1S/C23H24N4O3/c1-14-18(16-6-4-5-7-17(16)25-14)20-19(21(28)15-8-10-24-11-9-15)22(29)23(30)27(20)13-12-26(2)3/h4-11,20,25,28H,12-13H2,1-3H3/b21-19+. The quantitative estimate of drug-likeness (QED) is 0.388. The average molecular weight is 404 g/mol. The molecule has 1 saturated heterocycles. The van der Waals surface area contributed by atoms with Gasteiger partial charge in [-0.1, -0.05) is 18.2 Å². The van der Waals surface area contributed by atoms with Crippen LogP contribution in [0.2, 0.25) is 0 Å². The number of amides is 1. The number of aromatic nitrogens is 2. The molecule has 0 saturated carbocycles. The normalized spacial score (nSPS) is 18.7. The molecule has 2 aromatic heterocycles. The van der Waals surface area contributed by atoms with Crippen LogP contribution in [-0.4, -0.2) is 63.7 Å². The molecule has 0 spiro atoms. The van der Waals surface area contributed by atoms with Gasteiger partial charge in [0.05, 0.1) is 11.6 Å². The first kappa shape index (κ1) is 19.8. The molecule has 30 heavy (non-hydrogen) atoms. The first-order valence-electron chi connectivity index (χ1n) is 9.81. The van der Waals surface area contributed by atoms with Crippen molar-refractivity contribution in [2.45, 2.75) is 13.0 Å². The van der Waals surface area contributed by atoms with Crippen molar-refractivity contribution in [1.29, 1.82) is 0 Å². The molecule has 3 heterocycles. The van der Waals surface area contributed by atoms with Gasteiger partial charge in [-0.15, -0.1) is 0 Å². The number of carbonyl (C=O) groups is 2. The summed E-state index contributed by atoms with van der Waals surface area (Å²) in [7, 11) is 3.83. The summed E-state index contributed by atoms with van der Waals surface area (Å²) in [6.07, 6.45) is 3.09. The number of nitrogens with one attached hydrogen (secondary N) is 1. The number of Topliss-reactive ketones (excluding diaryl/α,β-unsaturated/α-hetero) is 1. The third kappa shape index (κ3) is 3.27. The molecule has 7 nitrogen and oxygen atoms in total. The summed E-state index contributed by atoms with van der Waals surface area (Å²) in [5.41, 5.74) is 3.18. The maximum atomic E-state index is 13.1. The average Bonchev–Trinajstić information content (AvgIpc) is 3.19. The fourth-order valence-electron chi connectivity index (χ4n) is 4.03. The molecule has 1 fully saturated rings. The number of benzene rings is 1. The Balaban J connectivity index is 1.95. The van der Waals surface area contributed by atoms with Gasteiger partial charge >= 0.3 is 0 Å². The number of aryl methyl sites for hydroxylation is 1. The largest absolute Gasteiger partial charge is 0.507 e. The molecule has 0 radical (unpaired) electrons. The Bertz CT molecular complexity index is 1150. The Morgan fingerprint density at radius 2 is 1.87 bits per heavy atom. The molecule has 1 atom stereocenters. The number of carbonyl (C=O) groups excluding carboxylic acids is 2. The second kappa shape index (κ2) is 7.76. The van der Waals surface area contributed by atoms with Crippen molar-refractivity contribution >= 4 is 28.4 Å². The SMILES string of the molecule is Cc1[nH]c2ccccc2c1C1/C(=C(\O)c2ccncc2)C(=O)C(=O)N1CCN(C)C. The van der Waals surface area contributed by atoms with Gasteiger partial charge < -0.3 is 19.9 Å². The minimum absolute atomic E-state index is 0.109. The minimum Gasteiger partial charge on any atom is -0.507 e. The van der Waals surface area contributed by atoms with E-state index in [1.54, 1.807) is 29.4 Å². The highest BCUT2D eigenvalue weighted by Gasteiger charge is 2.47. The lowest BCUT2D eigenvalue weighted by molar-refractivity contribution is -0.140. The van der Waals surface area contributed by atoms with E-state index in [9.17, 15) is 14.7 Å². The molecule has 154 valence electrons. The molecule has 1 aliphatic rings. The van der Waals surface area contributed by atoms with Crippen LogP contribution in [0.1, 0.15) is 22.9 Å². The second-order valence-electron chi connectivity index (χ2n) is 7.74. The van der Waals surface area contributed by atoms with E-state index in [4.69, 9.17) is 0 Å². The number of ketones is 1. The number of H-pyrrole nitrogens is 1. The van der Waals surface area contributed by atoms with E-state index in [-0.39, 0.29) is 11.3 Å². The Kier molecular flexibility index (Phi) is 5.13. The molecule has 1 unspecified atom stereocenters. The van der Waals surface area contributed by atoms with Crippen molar-refractivity contribution in [2.75, 3.05) is 27.2 Å². The van der Waals surface area contributed by atoms with Crippen molar-refractivity contribution in [3.05, 3.63) is 71.2 Å². The molecule has 0 aliphatic carbocycles. The van der Waals surface area contributed by atoms with Gasteiger partial charge in [-0.25, -0.2) is 0 Å². The lowest BCUT2D eigenvalue weighted by atomic mass is 9.93. The molecular formula is C23H24N4O3. The third-order valence-electron chi connectivity index (χ3n) is 5.50. The number of nitrogens with zero attached hydrogens (tertiary/aromatic N) is 3. The van der Waals surface area contributed by atoms with E-state index in [2.05, 4.69) is 9.97 Å². The maximum absolute atomic E-state index is 13.1. The summed E-state index contributed by atoms with van der Waals surface area (Å²) >= 11 is 0. The number of aromatic amines is 1.